The van der Waals surface area contributed by atoms with E-state index in [0.29, 0.717) is 0 Å². The van der Waals surface area contributed by atoms with Crippen LogP contribution in [0.2, 0.25) is 0 Å². The Morgan fingerprint density at radius 3 is 2.81 bits per heavy atom. The zero-order valence-corrected chi connectivity index (χ0v) is 13.0. The van der Waals surface area contributed by atoms with Gasteiger partial charge in [0.2, 0.25) is 0 Å². The molecule has 2 N–H and O–H groups in total. The number of hydrogen-bond donors (Lipinski definition) is 2. The van der Waals surface area contributed by atoms with Crippen molar-refractivity contribution in [2.75, 3.05) is 4.72 Å². The van der Waals surface area contributed by atoms with Crippen LogP contribution < -0.4 is 4.72 Å². The predicted octanol–water partition coefficient (Wildman–Crippen LogP) is 1.98. The van der Waals surface area contributed by atoms with Crippen LogP contribution in [0.1, 0.15) is 4.88 Å². The fourth-order valence-corrected chi connectivity index (χ4v) is 3.61. The largest absolute Gasteiger partial charge is 0.339 e. The van der Waals surface area contributed by atoms with Crippen molar-refractivity contribution >= 4 is 27.2 Å². The number of aromatic amines is 1. The molecule has 3 heterocycles. The lowest BCUT2D eigenvalue weighted by Gasteiger charge is -2.00. The van der Waals surface area contributed by atoms with Gasteiger partial charge in [0.1, 0.15) is 0 Å². The van der Waals surface area contributed by atoms with E-state index < -0.39 is 10.0 Å². The van der Waals surface area contributed by atoms with Crippen LogP contribution in [0.5, 0.6) is 0 Å². The Balaban J connectivity index is 1.84. The molecule has 0 saturated carbocycles. The number of nitrogens with one attached hydrogen (secondary N) is 2. The van der Waals surface area contributed by atoms with Gasteiger partial charge in [0.05, 0.1) is 16.9 Å². The molecular formula is C12H13N5O2S2. The molecule has 0 aliphatic carbocycles. The first-order valence-electron chi connectivity index (χ1n) is 6.07. The minimum Gasteiger partial charge on any atom is -0.339 e. The molecule has 3 aromatic heterocycles. The number of thiophene rings is 1. The van der Waals surface area contributed by atoms with Crippen LogP contribution in [0.25, 0.3) is 10.6 Å². The summed E-state index contributed by atoms with van der Waals surface area (Å²) in [7, 11) is -2.01. The van der Waals surface area contributed by atoms with Gasteiger partial charge in [-0.3, -0.25) is 9.82 Å². The Bertz CT molecular complexity index is 875. The van der Waals surface area contributed by atoms with E-state index in [4.69, 9.17) is 0 Å². The highest BCUT2D eigenvalue weighted by molar-refractivity contribution is 7.92. The molecular weight excluding hydrogens is 310 g/mol. The minimum atomic E-state index is -3.72. The van der Waals surface area contributed by atoms with Crippen LogP contribution in [-0.4, -0.2) is 28.2 Å². The van der Waals surface area contributed by atoms with E-state index in [2.05, 4.69) is 19.9 Å². The highest BCUT2D eigenvalue weighted by Crippen LogP contribution is 2.27. The highest BCUT2D eigenvalue weighted by Gasteiger charge is 2.18. The quantitative estimate of drug-likeness (QED) is 0.768. The van der Waals surface area contributed by atoms with Crippen LogP contribution in [0, 0.1) is 6.92 Å². The molecule has 0 saturated heterocycles. The van der Waals surface area contributed by atoms with Crippen molar-refractivity contribution in [2.45, 2.75) is 11.9 Å². The van der Waals surface area contributed by atoms with Gasteiger partial charge in [0.25, 0.3) is 10.0 Å². The molecule has 0 fully saturated rings. The summed E-state index contributed by atoms with van der Waals surface area (Å²) in [4.78, 5) is 6.01. The zero-order valence-electron chi connectivity index (χ0n) is 11.4. The smallest absolute Gasteiger partial charge is 0.282 e. The number of nitrogens with zero attached hydrogens (tertiary/aromatic N) is 3. The molecule has 0 aliphatic heterocycles. The SMILES string of the molecule is Cc1ccc(-c2cc(NS(=O)(=O)c3cn(C)cn3)n[nH]2)s1. The van der Waals surface area contributed by atoms with Gasteiger partial charge < -0.3 is 4.57 Å². The lowest BCUT2D eigenvalue weighted by Crippen LogP contribution is -2.13. The molecule has 110 valence electrons. The summed E-state index contributed by atoms with van der Waals surface area (Å²) in [5, 5.41) is 6.76. The monoisotopic (exact) mass is 323 g/mol. The van der Waals surface area contributed by atoms with Crippen molar-refractivity contribution < 1.29 is 8.42 Å². The number of aromatic nitrogens is 4. The standard InChI is InChI=1S/C12H13N5O2S2/c1-8-3-4-10(20-8)9-5-11(15-14-9)16-21(18,19)12-6-17(2)7-13-12/h3-7H,1-2H3,(H2,14,15,16). The van der Waals surface area contributed by atoms with Gasteiger partial charge in [-0.2, -0.15) is 13.5 Å². The Morgan fingerprint density at radius 2 is 2.19 bits per heavy atom. The highest BCUT2D eigenvalue weighted by atomic mass is 32.2. The molecule has 3 aromatic rings. The van der Waals surface area contributed by atoms with Gasteiger partial charge in [0.15, 0.2) is 10.8 Å². The summed E-state index contributed by atoms with van der Waals surface area (Å²) in [6.45, 7) is 2.01. The van der Waals surface area contributed by atoms with E-state index in [1.165, 1.54) is 17.4 Å². The number of imidazole rings is 1. The normalized spacial score (nSPS) is 11.7. The molecule has 0 spiro atoms. The van der Waals surface area contributed by atoms with Crippen molar-refractivity contribution in [3.63, 3.8) is 0 Å². The van der Waals surface area contributed by atoms with Crippen molar-refractivity contribution in [2.24, 2.45) is 7.05 Å². The summed E-state index contributed by atoms with van der Waals surface area (Å²) in [6.07, 6.45) is 2.86. The number of aryl methyl sites for hydroxylation is 2. The number of sulfonamides is 1. The van der Waals surface area contributed by atoms with Gasteiger partial charge in [-0.1, -0.05) is 0 Å². The predicted molar refractivity (Wildman–Crippen MR) is 80.7 cm³/mol. The number of rotatable bonds is 4. The van der Waals surface area contributed by atoms with Crippen molar-refractivity contribution in [3.05, 3.63) is 35.6 Å². The second-order valence-electron chi connectivity index (χ2n) is 4.56. The van der Waals surface area contributed by atoms with Crippen molar-refractivity contribution in [1.82, 2.24) is 19.7 Å². The summed E-state index contributed by atoms with van der Waals surface area (Å²) < 4.78 is 28.2. The topological polar surface area (TPSA) is 92.7 Å². The number of H-pyrrole nitrogens is 1. The van der Waals surface area contributed by atoms with E-state index in [9.17, 15) is 8.42 Å². The lowest BCUT2D eigenvalue weighted by molar-refractivity contribution is 0.598. The van der Waals surface area contributed by atoms with Gasteiger partial charge in [-0.15, -0.1) is 11.3 Å². The first-order valence-corrected chi connectivity index (χ1v) is 8.37. The Hall–Kier alpha value is -2.13. The summed E-state index contributed by atoms with van der Waals surface area (Å²) in [5.74, 6) is 0.238. The number of anilines is 1. The van der Waals surface area contributed by atoms with Gasteiger partial charge in [-0.05, 0) is 19.1 Å². The second-order valence-corrected chi connectivity index (χ2v) is 7.48. The van der Waals surface area contributed by atoms with Gasteiger partial charge >= 0.3 is 0 Å². The maximum absolute atomic E-state index is 12.1. The zero-order chi connectivity index (χ0) is 15.0. The Kier molecular flexibility index (Phi) is 3.30. The molecule has 0 atom stereocenters. The number of hydrogen-bond acceptors (Lipinski definition) is 5. The Morgan fingerprint density at radius 1 is 1.38 bits per heavy atom. The summed E-state index contributed by atoms with van der Waals surface area (Å²) in [5.41, 5.74) is 0.770. The molecule has 0 aliphatic rings. The fourth-order valence-electron chi connectivity index (χ4n) is 1.80. The molecule has 3 rings (SSSR count). The third-order valence-electron chi connectivity index (χ3n) is 2.78. The molecule has 0 unspecified atom stereocenters. The maximum Gasteiger partial charge on any atom is 0.282 e. The van der Waals surface area contributed by atoms with E-state index in [0.717, 1.165) is 10.6 Å². The molecule has 0 aromatic carbocycles. The minimum absolute atomic E-state index is 0.0403. The molecule has 21 heavy (non-hydrogen) atoms. The lowest BCUT2D eigenvalue weighted by atomic mass is 10.3. The van der Waals surface area contributed by atoms with Crippen molar-refractivity contribution in [3.8, 4) is 10.6 Å². The van der Waals surface area contributed by atoms with E-state index >= 15 is 0 Å². The fraction of sp³-hybridized carbons (Fsp3) is 0.167. The molecule has 0 radical (unpaired) electrons. The molecule has 9 heteroatoms. The summed E-state index contributed by atoms with van der Waals surface area (Å²) >= 11 is 1.61. The third-order valence-corrected chi connectivity index (χ3v) is 5.05. The third kappa shape index (κ3) is 2.83. The van der Waals surface area contributed by atoms with Crippen LogP contribution >= 0.6 is 11.3 Å². The van der Waals surface area contributed by atoms with Crippen LogP contribution in [0.4, 0.5) is 5.82 Å². The van der Waals surface area contributed by atoms with Crippen molar-refractivity contribution in [1.29, 1.82) is 0 Å². The first-order chi connectivity index (χ1) is 9.94. The van der Waals surface area contributed by atoms with Crippen LogP contribution in [0.3, 0.4) is 0 Å². The van der Waals surface area contributed by atoms with Crippen LogP contribution in [0.15, 0.2) is 35.7 Å². The molecule has 0 bridgehead atoms. The van der Waals surface area contributed by atoms with E-state index in [1.807, 2.05) is 19.1 Å². The van der Waals surface area contributed by atoms with Gasteiger partial charge in [0, 0.05) is 24.2 Å². The van der Waals surface area contributed by atoms with E-state index in [-0.39, 0.29) is 10.8 Å². The van der Waals surface area contributed by atoms with Gasteiger partial charge in [-0.25, -0.2) is 4.98 Å². The first kappa shape index (κ1) is 13.8. The maximum atomic E-state index is 12.1. The second kappa shape index (κ2) is 5.01. The molecule has 7 nitrogen and oxygen atoms in total. The molecule has 0 amide bonds. The summed E-state index contributed by atoms with van der Waals surface area (Å²) in [6, 6.07) is 5.62. The Labute approximate surface area is 125 Å². The average Bonchev–Trinajstić information content (AvgIpc) is 3.10. The van der Waals surface area contributed by atoms with E-state index in [1.54, 1.807) is 29.0 Å². The average molecular weight is 323 g/mol. The van der Waals surface area contributed by atoms with Crippen LogP contribution in [-0.2, 0) is 17.1 Å².